The summed E-state index contributed by atoms with van der Waals surface area (Å²) < 4.78 is 40.3. The number of carbonyl (C=O) groups excluding carboxylic acids is 2. The van der Waals surface area contributed by atoms with Gasteiger partial charge in [0.05, 0.1) is 0 Å². The molecule has 0 aliphatic heterocycles. The minimum atomic E-state index is -4.36. The Balaban J connectivity index is 2.46. The molecule has 26 heavy (non-hydrogen) atoms. The van der Waals surface area contributed by atoms with Crippen LogP contribution in [0.2, 0.25) is 0 Å². The third-order valence-corrected chi connectivity index (χ3v) is 3.55. The van der Waals surface area contributed by atoms with Gasteiger partial charge in [-0.2, -0.15) is 13.2 Å². The molecule has 0 aliphatic carbocycles. The van der Waals surface area contributed by atoms with E-state index in [-0.39, 0.29) is 37.3 Å². The molecule has 0 radical (unpaired) electrons. The lowest BCUT2D eigenvalue weighted by molar-refractivity contribution is -0.174. The number of benzene rings is 1. The van der Waals surface area contributed by atoms with E-state index in [1.54, 1.807) is 32.0 Å². The number of amides is 2. The Hall–Kier alpha value is -2.09. The third kappa shape index (κ3) is 8.33. The number of halogens is 3. The van der Waals surface area contributed by atoms with Gasteiger partial charge in [-0.05, 0) is 31.4 Å². The molecule has 2 N–H and O–H groups in total. The van der Waals surface area contributed by atoms with Gasteiger partial charge >= 0.3 is 6.18 Å². The fourth-order valence-corrected chi connectivity index (χ4v) is 2.23. The molecule has 5 nitrogen and oxygen atoms in total. The maximum Gasteiger partial charge on any atom is 0.411 e. The molecule has 0 heterocycles. The van der Waals surface area contributed by atoms with E-state index in [9.17, 15) is 22.8 Å². The van der Waals surface area contributed by atoms with E-state index in [0.29, 0.717) is 5.56 Å². The summed E-state index contributed by atoms with van der Waals surface area (Å²) in [5, 5.41) is 5.32. The zero-order valence-electron chi connectivity index (χ0n) is 15.2. The van der Waals surface area contributed by atoms with E-state index >= 15 is 0 Å². The molecule has 1 unspecified atom stereocenters. The average molecular weight is 374 g/mol. The van der Waals surface area contributed by atoms with Crippen molar-refractivity contribution in [3.8, 4) is 0 Å². The van der Waals surface area contributed by atoms with Crippen LogP contribution >= 0.6 is 0 Å². The van der Waals surface area contributed by atoms with E-state index in [4.69, 9.17) is 0 Å². The Morgan fingerprint density at radius 1 is 1.23 bits per heavy atom. The summed E-state index contributed by atoms with van der Waals surface area (Å²) in [7, 11) is 0. The minimum Gasteiger partial charge on any atom is -0.372 e. The van der Waals surface area contributed by atoms with Crippen molar-refractivity contribution in [3.63, 3.8) is 0 Å². The van der Waals surface area contributed by atoms with Crippen LogP contribution in [0.1, 0.15) is 36.2 Å². The number of ether oxygens (including phenoxy) is 1. The molecule has 0 aromatic heterocycles. The van der Waals surface area contributed by atoms with Gasteiger partial charge in [0.1, 0.15) is 12.6 Å². The van der Waals surface area contributed by atoms with E-state index < -0.39 is 18.8 Å². The van der Waals surface area contributed by atoms with Gasteiger partial charge in [0.15, 0.2) is 0 Å². The van der Waals surface area contributed by atoms with Gasteiger partial charge in [0.2, 0.25) is 5.91 Å². The SMILES string of the molecule is Cc1cccc(C(=O)NC(C(=O)NCCCOCC(F)(F)F)C(C)C)c1. The lowest BCUT2D eigenvalue weighted by atomic mass is 10.0. The van der Waals surface area contributed by atoms with Gasteiger partial charge in [-0.25, -0.2) is 0 Å². The molecule has 1 aromatic carbocycles. The largest absolute Gasteiger partial charge is 0.411 e. The van der Waals surface area contributed by atoms with E-state index in [1.165, 1.54) is 0 Å². The highest BCUT2D eigenvalue weighted by molar-refractivity contribution is 5.97. The Morgan fingerprint density at radius 3 is 2.50 bits per heavy atom. The summed E-state index contributed by atoms with van der Waals surface area (Å²) in [5.74, 6) is -0.877. The minimum absolute atomic E-state index is 0.109. The fourth-order valence-electron chi connectivity index (χ4n) is 2.23. The van der Waals surface area contributed by atoms with Crippen LogP contribution in [-0.2, 0) is 9.53 Å². The second-order valence-corrected chi connectivity index (χ2v) is 6.38. The van der Waals surface area contributed by atoms with E-state index in [0.717, 1.165) is 5.56 Å². The molecule has 0 spiro atoms. The van der Waals surface area contributed by atoms with Crippen molar-refractivity contribution in [2.45, 2.75) is 39.4 Å². The van der Waals surface area contributed by atoms with E-state index in [1.807, 2.05) is 13.0 Å². The molecule has 2 amide bonds. The first-order chi connectivity index (χ1) is 12.1. The predicted octanol–water partition coefficient (Wildman–Crippen LogP) is 2.83. The van der Waals surface area contributed by atoms with Crippen molar-refractivity contribution in [2.75, 3.05) is 19.8 Å². The monoisotopic (exact) mass is 374 g/mol. The molecular weight excluding hydrogens is 349 g/mol. The fraction of sp³-hybridized carbons (Fsp3) is 0.556. The molecule has 0 saturated heterocycles. The van der Waals surface area contributed by atoms with Crippen LogP contribution in [0.15, 0.2) is 24.3 Å². The van der Waals surface area contributed by atoms with Gasteiger partial charge in [0, 0.05) is 18.7 Å². The third-order valence-electron chi connectivity index (χ3n) is 3.55. The number of alkyl halides is 3. The average Bonchev–Trinajstić information content (AvgIpc) is 2.54. The first-order valence-electron chi connectivity index (χ1n) is 8.40. The van der Waals surface area contributed by atoms with Crippen molar-refractivity contribution in [3.05, 3.63) is 35.4 Å². The first-order valence-corrected chi connectivity index (χ1v) is 8.40. The summed E-state index contributed by atoms with van der Waals surface area (Å²) in [5.41, 5.74) is 1.39. The molecule has 146 valence electrons. The Morgan fingerprint density at radius 2 is 1.92 bits per heavy atom. The van der Waals surface area contributed by atoms with E-state index in [2.05, 4.69) is 15.4 Å². The lowest BCUT2D eigenvalue weighted by Gasteiger charge is -2.22. The molecular formula is C18H25F3N2O3. The van der Waals surface area contributed by atoms with Crippen LogP contribution in [-0.4, -0.2) is 43.8 Å². The van der Waals surface area contributed by atoms with Gasteiger partial charge in [-0.15, -0.1) is 0 Å². The van der Waals surface area contributed by atoms with Crippen molar-refractivity contribution >= 4 is 11.8 Å². The van der Waals surface area contributed by atoms with Crippen molar-refractivity contribution in [1.82, 2.24) is 10.6 Å². The number of carbonyl (C=O) groups is 2. The van der Waals surface area contributed by atoms with Crippen LogP contribution in [0, 0.1) is 12.8 Å². The number of hydrogen-bond donors (Lipinski definition) is 2. The zero-order valence-corrected chi connectivity index (χ0v) is 15.2. The molecule has 1 atom stereocenters. The Labute approximate surface area is 151 Å². The van der Waals surface area contributed by atoms with Crippen LogP contribution in [0.25, 0.3) is 0 Å². The van der Waals surface area contributed by atoms with Gasteiger partial charge < -0.3 is 15.4 Å². The lowest BCUT2D eigenvalue weighted by Crippen LogP contribution is -2.50. The van der Waals surface area contributed by atoms with Crippen molar-refractivity contribution in [1.29, 1.82) is 0 Å². The molecule has 0 saturated carbocycles. The molecule has 0 fully saturated rings. The van der Waals surface area contributed by atoms with Gasteiger partial charge in [-0.1, -0.05) is 31.5 Å². The first kappa shape index (κ1) is 22.0. The second kappa shape index (κ2) is 10.2. The van der Waals surface area contributed by atoms with Crippen LogP contribution in [0.3, 0.4) is 0 Å². The number of hydrogen-bond acceptors (Lipinski definition) is 3. The summed E-state index contributed by atoms with van der Waals surface area (Å²) >= 11 is 0. The summed E-state index contributed by atoms with van der Waals surface area (Å²) in [6.07, 6.45) is -4.11. The molecule has 8 heteroatoms. The highest BCUT2D eigenvalue weighted by Gasteiger charge is 2.27. The normalized spacial score (nSPS) is 12.7. The van der Waals surface area contributed by atoms with Crippen LogP contribution in [0.5, 0.6) is 0 Å². The maximum absolute atomic E-state index is 12.3. The predicted molar refractivity (Wildman–Crippen MR) is 91.8 cm³/mol. The Bertz CT molecular complexity index is 604. The number of nitrogens with one attached hydrogen (secondary N) is 2. The number of aryl methyl sites for hydroxylation is 1. The summed E-state index contributed by atoms with van der Waals surface area (Å²) in [6.45, 7) is 4.22. The zero-order chi connectivity index (χ0) is 19.7. The highest BCUT2D eigenvalue weighted by atomic mass is 19.4. The number of rotatable bonds is 9. The second-order valence-electron chi connectivity index (χ2n) is 6.38. The van der Waals surface area contributed by atoms with Crippen molar-refractivity contribution < 1.29 is 27.5 Å². The smallest absolute Gasteiger partial charge is 0.372 e. The quantitative estimate of drug-likeness (QED) is 0.653. The molecule has 1 rings (SSSR count). The van der Waals surface area contributed by atoms with Gasteiger partial charge in [0.25, 0.3) is 5.91 Å². The molecule has 1 aromatic rings. The molecule has 0 bridgehead atoms. The summed E-state index contributed by atoms with van der Waals surface area (Å²) in [6, 6.07) is 6.28. The summed E-state index contributed by atoms with van der Waals surface area (Å²) in [4.78, 5) is 24.6. The standard InChI is InChI=1S/C18H25F3N2O3/c1-12(2)15(23-16(24)14-7-4-6-13(3)10-14)17(25)22-8-5-9-26-11-18(19,20)21/h4,6-7,10,12,15H,5,8-9,11H2,1-3H3,(H,22,25)(H,23,24). The van der Waals surface area contributed by atoms with Gasteiger partial charge in [-0.3, -0.25) is 9.59 Å². The van der Waals surface area contributed by atoms with Crippen molar-refractivity contribution in [2.24, 2.45) is 5.92 Å². The molecule has 0 aliphatic rings. The Kier molecular flexibility index (Phi) is 8.57. The van der Waals surface area contributed by atoms with Crippen LogP contribution < -0.4 is 10.6 Å². The highest BCUT2D eigenvalue weighted by Crippen LogP contribution is 2.14. The topological polar surface area (TPSA) is 67.4 Å². The van der Waals surface area contributed by atoms with Crippen LogP contribution in [0.4, 0.5) is 13.2 Å². The maximum atomic E-state index is 12.3.